The molecular weight excluding hydrogens is 356 g/mol. The van der Waals surface area contributed by atoms with Crippen LogP contribution in [0.2, 0.25) is 0 Å². The van der Waals surface area contributed by atoms with E-state index in [0.29, 0.717) is 38.6 Å². The third kappa shape index (κ3) is 3.40. The number of ether oxygens (including phenoxy) is 3. The first-order valence-corrected chi connectivity index (χ1v) is 9.66. The van der Waals surface area contributed by atoms with Crippen molar-refractivity contribution < 1.29 is 19.0 Å². The van der Waals surface area contributed by atoms with Gasteiger partial charge < -0.3 is 24.0 Å². The van der Waals surface area contributed by atoms with Gasteiger partial charge in [0.05, 0.1) is 33.5 Å². The lowest BCUT2D eigenvalue weighted by molar-refractivity contribution is 0.0400. The minimum Gasteiger partial charge on any atom is -0.493 e. The van der Waals surface area contributed by atoms with Gasteiger partial charge in [0.2, 0.25) is 0 Å². The maximum atomic E-state index is 13.4. The molecule has 1 atom stereocenters. The smallest absolute Gasteiger partial charge is 0.320 e. The molecule has 0 N–H and O–H groups in total. The van der Waals surface area contributed by atoms with Crippen LogP contribution in [0.4, 0.5) is 4.79 Å². The van der Waals surface area contributed by atoms with Crippen molar-refractivity contribution in [1.29, 1.82) is 0 Å². The van der Waals surface area contributed by atoms with Gasteiger partial charge in [0, 0.05) is 19.6 Å². The van der Waals surface area contributed by atoms with Crippen LogP contribution in [0.3, 0.4) is 0 Å². The molecule has 148 valence electrons. The minimum atomic E-state index is -0.153. The summed E-state index contributed by atoms with van der Waals surface area (Å²) in [5.74, 6) is 1.41. The first-order chi connectivity index (χ1) is 13.7. The fraction of sp³-hybridized carbons (Fsp3) is 0.409. The van der Waals surface area contributed by atoms with Crippen molar-refractivity contribution in [2.75, 3.05) is 47.1 Å². The molecule has 0 radical (unpaired) electrons. The molecule has 2 aromatic rings. The van der Waals surface area contributed by atoms with Crippen molar-refractivity contribution >= 4 is 6.03 Å². The molecule has 2 aliphatic heterocycles. The van der Waals surface area contributed by atoms with E-state index >= 15 is 0 Å². The predicted molar refractivity (Wildman–Crippen MR) is 106 cm³/mol. The lowest BCUT2D eigenvalue weighted by Gasteiger charge is -2.41. The molecule has 0 aliphatic carbocycles. The molecule has 2 aliphatic rings. The number of fused-ring (bicyclic) bond motifs is 1. The van der Waals surface area contributed by atoms with Gasteiger partial charge >= 0.3 is 6.03 Å². The Morgan fingerprint density at radius 2 is 1.68 bits per heavy atom. The number of urea groups is 1. The average Bonchev–Trinajstić information content (AvgIpc) is 2.77. The molecule has 2 aromatic carbocycles. The van der Waals surface area contributed by atoms with Gasteiger partial charge in [-0.2, -0.15) is 0 Å². The van der Waals surface area contributed by atoms with E-state index in [4.69, 9.17) is 14.2 Å². The van der Waals surface area contributed by atoms with Crippen LogP contribution >= 0.6 is 0 Å². The van der Waals surface area contributed by atoms with Crippen LogP contribution < -0.4 is 9.47 Å². The van der Waals surface area contributed by atoms with Crippen LogP contribution in [0, 0.1) is 0 Å². The number of methoxy groups -OCH3 is 2. The zero-order valence-corrected chi connectivity index (χ0v) is 16.4. The second kappa shape index (κ2) is 8.10. The highest BCUT2D eigenvalue weighted by Crippen LogP contribution is 2.41. The van der Waals surface area contributed by atoms with E-state index in [1.165, 1.54) is 5.56 Å². The van der Waals surface area contributed by atoms with E-state index < -0.39 is 0 Å². The molecule has 4 rings (SSSR count). The van der Waals surface area contributed by atoms with Crippen LogP contribution in [0.5, 0.6) is 11.5 Å². The van der Waals surface area contributed by atoms with Gasteiger partial charge in [-0.3, -0.25) is 0 Å². The summed E-state index contributed by atoms with van der Waals surface area (Å²) in [5.41, 5.74) is 3.38. The van der Waals surface area contributed by atoms with Gasteiger partial charge in [0.15, 0.2) is 11.5 Å². The maximum absolute atomic E-state index is 13.4. The zero-order chi connectivity index (χ0) is 19.5. The third-order valence-corrected chi connectivity index (χ3v) is 5.52. The zero-order valence-electron chi connectivity index (χ0n) is 16.4. The van der Waals surface area contributed by atoms with Crippen molar-refractivity contribution in [2.45, 2.75) is 12.5 Å². The summed E-state index contributed by atoms with van der Waals surface area (Å²) in [6.45, 7) is 3.12. The third-order valence-electron chi connectivity index (χ3n) is 5.52. The molecule has 6 heteroatoms. The summed E-state index contributed by atoms with van der Waals surface area (Å²) in [5, 5.41) is 0. The topological polar surface area (TPSA) is 51.2 Å². The number of carbonyl (C=O) groups is 1. The van der Waals surface area contributed by atoms with Crippen molar-refractivity contribution in [1.82, 2.24) is 9.80 Å². The Kier molecular flexibility index (Phi) is 5.39. The van der Waals surface area contributed by atoms with E-state index in [0.717, 1.165) is 23.3 Å². The fourth-order valence-electron chi connectivity index (χ4n) is 4.08. The van der Waals surface area contributed by atoms with E-state index in [1.54, 1.807) is 14.2 Å². The van der Waals surface area contributed by atoms with Gasteiger partial charge in [-0.1, -0.05) is 30.3 Å². The first-order valence-electron chi connectivity index (χ1n) is 9.66. The largest absolute Gasteiger partial charge is 0.493 e. The van der Waals surface area contributed by atoms with Crippen LogP contribution in [0.25, 0.3) is 0 Å². The van der Waals surface area contributed by atoms with Crippen molar-refractivity contribution in [2.24, 2.45) is 0 Å². The fourth-order valence-corrected chi connectivity index (χ4v) is 4.08. The lowest BCUT2D eigenvalue weighted by Crippen LogP contribution is -2.51. The van der Waals surface area contributed by atoms with Crippen molar-refractivity contribution in [3.8, 4) is 11.5 Å². The lowest BCUT2D eigenvalue weighted by atomic mass is 9.88. The Balaban J connectivity index is 1.77. The Hall–Kier alpha value is -2.73. The van der Waals surface area contributed by atoms with E-state index in [-0.39, 0.29) is 12.1 Å². The van der Waals surface area contributed by atoms with Crippen molar-refractivity contribution in [3.63, 3.8) is 0 Å². The highest BCUT2D eigenvalue weighted by atomic mass is 16.5. The van der Waals surface area contributed by atoms with E-state index in [9.17, 15) is 4.79 Å². The average molecular weight is 382 g/mol. The van der Waals surface area contributed by atoms with Crippen LogP contribution in [0.1, 0.15) is 22.7 Å². The molecule has 2 amide bonds. The van der Waals surface area contributed by atoms with Gasteiger partial charge in [-0.15, -0.1) is 0 Å². The molecule has 0 bridgehead atoms. The number of hydrogen-bond acceptors (Lipinski definition) is 4. The van der Waals surface area contributed by atoms with Crippen LogP contribution in [-0.4, -0.2) is 62.9 Å². The second-order valence-electron chi connectivity index (χ2n) is 7.04. The van der Waals surface area contributed by atoms with E-state index in [2.05, 4.69) is 12.1 Å². The number of benzene rings is 2. The number of morpholine rings is 1. The monoisotopic (exact) mass is 382 g/mol. The summed E-state index contributed by atoms with van der Waals surface area (Å²) in [6.07, 6.45) is 0.787. The molecule has 1 saturated heterocycles. The Morgan fingerprint density at radius 3 is 2.36 bits per heavy atom. The van der Waals surface area contributed by atoms with Gasteiger partial charge in [0.25, 0.3) is 0 Å². The summed E-state index contributed by atoms with van der Waals surface area (Å²) < 4.78 is 16.4. The highest BCUT2D eigenvalue weighted by Gasteiger charge is 2.35. The van der Waals surface area contributed by atoms with Gasteiger partial charge in [0.1, 0.15) is 0 Å². The molecule has 6 nitrogen and oxygen atoms in total. The number of hydrogen-bond donors (Lipinski definition) is 0. The Bertz CT molecular complexity index is 834. The normalized spacial score (nSPS) is 19.1. The number of amides is 2. The number of nitrogens with zero attached hydrogens (tertiary/aromatic N) is 2. The van der Waals surface area contributed by atoms with Gasteiger partial charge in [-0.05, 0) is 35.2 Å². The predicted octanol–water partition coefficient (Wildman–Crippen LogP) is 3.10. The first kappa shape index (κ1) is 18.6. The maximum Gasteiger partial charge on any atom is 0.320 e. The molecule has 1 fully saturated rings. The van der Waals surface area contributed by atoms with Crippen LogP contribution in [-0.2, 0) is 11.2 Å². The van der Waals surface area contributed by atoms with Gasteiger partial charge in [-0.25, -0.2) is 4.79 Å². The second-order valence-corrected chi connectivity index (χ2v) is 7.04. The summed E-state index contributed by atoms with van der Waals surface area (Å²) in [6, 6.07) is 14.2. The molecule has 0 unspecified atom stereocenters. The molecule has 0 aromatic heterocycles. The Morgan fingerprint density at radius 1 is 1.00 bits per heavy atom. The minimum absolute atomic E-state index is 0.0672. The molecular formula is C22H26N2O4. The SMILES string of the molecule is COc1cc2c(cc1OC)[C@@H](c1ccccc1)N(C(=O)N1CCOCC1)CC2. The summed E-state index contributed by atoms with van der Waals surface area (Å²) >= 11 is 0. The standard InChI is InChI=1S/C22H26N2O4/c1-26-19-14-17-8-9-24(22(25)23-10-12-28-13-11-23)21(16-6-4-3-5-7-16)18(17)15-20(19)27-2/h3-7,14-15,21H,8-13H2,1-2H3/t21-/m1/s1. The summed E-state index contributed by atoms with van der Waals surface area (Å²) in [7, 11) is 3.29. The quantitative estimate of drug-likeness (QED) is 0.819. The van der Waals surface area contributed by atoms with Crippen molar-refractivity contribution in [3.05, 3.63) is 59.2 Å². The number of carbonyl (C=O) groups excluding carboxylic acids is 1. The molecule has 2 heterocycles. The molecule has 0 saturated carbocycles. The highest BCUT2D eigenvalue weighted by molar-refractivity contribution is 5.76. The van der Waals surface area contributed by atoms with Crippen LogP contribution in [0.15, 0.2) is 42.5 Å². The Labute approximate surface area is 165 Å². The number of rotatable bonds is 3. The molecule has 28 heavy (non-hydrogen) atoms. The molecule has 0 spiro atoms. The van der Waals surface area contributed by atoms with E-state index in [1.807, 2.05) is 40.1 Å². The summed E-state index contributed by atoms with van der Waals surface area (Å²) in [4.78, 5) is 17.2.